The molecular formula is C16H25N3O3. The highest BCUT2D eigenvalue weighted by Gasteiger charge is 2.23. The van der Waals surface area contributed by atoms with Crippen LogP contribution in [0.25, 0.3) is 0 Å². The molecule has 6 heteroatoms. The molecule has 0 atom stereocenters. The van der Waals surface area contributed by atoms with Crippen molar-refractivity contribution >= 4 is 11.8 Å². The SMILES string of the molecule is N#CCC(=O)N1CCC(CNC(=O)CC2CCOCC2)CC1. The fourth-order valence-corrected chi connectivity index (χ4v) is 3.11. The number of hydrogen-bond donors (Lipinski definition) is 1. The van der Waals surface area contributed by atoms with Gasteiger partial charge in [0.15, 0.2) is 0 Å². The summed E-state index contributed by atoms with van der Waals surface area (Å²) in [5.74, 6) is 0.948. The summed E-state index contributed by atoms with van der Waals surface area (Å²) in [6.45, 7) is 3.63. The molecule has 122 valence electrons. The fourth-order valence-electron chi connectivity index (χ4n) is 3.11. The lowest BCUT2D eigenvalue weighted by Gasteiger charge is -2.31. The second-order valence-corrected chi connectivity index (χ2v) is 6.22. The summed E-state index contributed by atoms with van der Waals surface area (Å²) in [6, 6.07) is 1.90. The smallest absolute Gasteiger partial charge is 0.236 e. The van der Waals surface area contributed by atoms with Gasteiger partial charge in [-0.15, -0.1) is 0 Å². The lowest BCUT2D eigenvalue weighted by Crippen LogP contribution is -2.41. The lowest BCUT2D eigenvalue weighted by molar-refractivity contribution is -0.131. The molecule has 6 nitrogen and oxygen atoms in total. The third kappa shape index (κ3) is 5.30. The van der Waals surface area contributed by atoms with Gasteiger partial charge in [-0.2, -0.15) is 5.26 Å². The molecule has 1 N–H and O–H groups in total. The highest BCUT2D eigenvalue weighted by molar-refractivity contribution is 5.78. The first kappa shape index (κ1) is 16.8. The lowest BCUT2D eigenvalue weighted by atomic mass is 9.95. The van der Waals surface area contributed by atoms with Gasteiger partial charge < -0.3 is 15.0 Å². The number of ether oxygens (including phenoxy) is 1. The molecule has 0 unspecified atom stereocenters. The van der Waals surface area contributed by atoms with E-state index in [0.717, 1.165) is 38.9 Å². The summed E-state index contributed by atoms with van der Waals surface area (Å²) in [4.78, 5) is 25.3. The predicted molar refractivity (Wildman–Crippen MR) is 80.7 cm³/mol. The Hall–Kier alpha value is -1.61. The van der Waals surface area contributed by atoms with E-state index < -0.39 is 0 Å². The summed E-state index contributed by atoms with van der Waals surface area (Å²) in [5.41, 5.74) is 0. The van der Waals surface area contributed by atoms with Crippen LogP contribution in [0.15, 0.2) is 0 Å². The highest BCUT2D eigenvalue weighted by atomic mass is 16.5. The minimum absolute atomic E-state index is 0.0352. The topological polar surface area (TPSA) is 82.4 Å². The van der Waals surface area contributed by atoms with E-state index in [2.05, 4.69) is 5.32 Å². The van der Waals surface area contributed by atoms with Crippen molar-refractivity contribution in [3.05, 3.63) is 0 Å². The van der Waals surface area contributed by atoms with E-state index in [1.807, 2.05) is 6.07 Å². The van der Waals surface area contributed by atoms with Crippen LogP contribution in [-0.2, 0) is 14.3 Å². The maximum absolute atomic E-state index is 12.0. The predicted octanol–water partition coefficient (Wildman–Crippen LogP) is 1.07. The molecule has 0 aliphatic carbocycles. The van der Waals surface area contributed by atoms with E-state index in [9.17, 15) is 9.59 Å². The number of amides is 2. The minimum Gasteiger partial charge on any atom is -0.381 e. The van der Waals surface area contributed by atoms with Crippen molar-refractivity contribution in [2.24, 2.45) is 11.8 Å². The number of likely N-dealkylation sites (tertiary alicyclic amines) is 1. The summed E-state index contributed by atoms with van der Waals surface area (Å²) in [6.07, 6.45) is 4.32. The number of nitrogens with zero attached hydrogens (tertiary/aromatic N) is 2. The average molecular weight is 307 g/mol. The molecule has 0 bridgehead atoms. The Labute approximate surface area is 131 Å². The Bertz CT molecular complexity index is 419. The van der Waals surface area contributed by atoms with Crippen LogP contribution in [-0.4, -0.2) is 49.6 Å². The molecule has 2 rings (SSSR count). The maximum atomic E-state index is 12.0. The molecule has 2 heterocycles. The van der Waals surface area contributed by atoms with Crippen molar-refractivity contribution in [1.29, 1.82) is 5.26 Å². The monoisotopic (exact) mass is 307 g/mol. The first-order chi connectivity index (χ1) is 10.7. The Morgan fingerprint density at radius 1 is 1.14 bits per heavy atom. The standard InChI is InChI=1S/C16H25N3O3/c17-6-1-16(21)19-7-2-14(3-8-19)12-18-15(20)11-13-4-9-22-10-5-13/h13-14H,1-5,7-12H2,(H,18,20). The molecule has 22 heavy (non-hydrogen) atoms. The van der Waals surface area contributed by atoms with Crippen LogP contribution in [0.5, 0.6) is 0 Å². The van der Waals surface area contributed by atoms with Gasteiger partial charge in [-0.05, 0) is 37.5 Å². The largest absolute Gasteiger partial charge is 0.381 e. The van der Waals surface area contributed by atoms with E-state index in [0.29, 0.717) is 37.9 Å². The van der Waals surface area contributed by atoms with Crippen LogP contribution in [0.1, 0.15) is 38.5 Å². The van der Waals surface area contributed by atoms with Gasteiger partial charge in [-0.25, -0.2) is 0 Å². The van der Waals surface area contributed by atoms with Crippen LogP contribution in [0.3, 0.4) is 0 Å². The minimum atomic E-state index is -0.0792. The summed E-state index contributed by atoms with van der Waals surface area (Å²) in [7, 11) is 0. The first-order valence-electron chi connectivity index (χ1n) is 8.18. The third-order valence-electron chi connectivity index (χ3n) is 4.60. The second kappa shape index (κ2) is 8.74. The van der Waals surface area contributed by atoms with Crippen LogP contribution < -0.4 is 5.32 Å². The molecule has 0 spiro atoms. The Morgan fingerprint density at radius 2 is 1.82 bits per heavy atom. The Morgan fingerprint density at radius 3 is 2.45 bits per heavy atom. The van der Waals surface area contributed by atoms with Gasteiger partial charge in [0, 0.05) is 39.3 Å². The molecule has 2 fully saturated rings. The summed E-state index contributed by atoms with van der Waals surface area (Å²) >= 11 is 0. The maximum Gasteiger partial charge on any atom is 0.236 e. The van der Waals surface area contributed by atoms with Gasteiger partial charge in [0.25, 0.3) is 0 Å². The van der Waals surface area contributed by atoms with Crippen molar-refractivity contribution in [2.75, 3.05) is 32.8 Å². The van der Waals surface area contributed by atoms with Crippen molar-refractivity contribution in [3.63, 3.8) is 0 Å². The molecule has 0 aromatic carbocycles. The molecule has 2 aliphatic rings. The van der Waals surface area contributed by atoms with Gasteiger partial charge in [-0.1, -0.05) is 0 Å². The van der Waals surface area contributed by atoms with Crippen LogP contribution in [0.4, 0.5) is 0 Å². The molecule has 2 amide bonds. The molecular weight excluding hydrogens is 282 g/mol. The normalized spacial score (nSPS) is 20.4. The highest BCUT2D eigenvalue weighted by Crippen LogP contribution is 2.19. The van der Waals surface area contributed by atoms with Gasteiger partial charge in [0.05, 0.1) is 6.07 Å². The zero-order chi connectivity index (χ0) is 15.8. The van der Waals surface area contributed by atoms with Crippen molar-refractivity contribution in [2.45, 2.75) is 38.5 Å². The summed E-state index contributed by atoms with van der Waals surface area (Å²) < 4.78 is 5.30. The number of carbonyl (C=O) groups is 2. The number of rotatable bonds is 5. The van der Waals surface area contributed by atoms with E-state index in [-0.39, 0.29) is 18.2 Å². The van der Waals surface area contributed by atoms with Gasteiger partial charge in [0.1, 0.15) is 6.42 Å². The van der Waals surface area contributed by atoms with Gasteiger partial charge in [-0.3, -0.25) is 9.59 Å². The quantitative estimate of drug-likeness (QED) is 0.823. The summed E-state index contributed by atoms with van der Waals surface area (Å²) in [5, 5.41) is 11.6. The zero-order valence-corrected chi connectivity index (χ0v) is 13.1. The van der Waals surface area contributed by atoms with E-state index in [1.165, 1.54) is 0 Å². The van der Waals surface area contributed by atoms with E-state index in [1.54, 1.807) is 4.90 Å². The second-order valence-electron chi connectivity index (χ2n) is 6.22. The van der Waals surface area contributed by atoms with Crippen LogP contribution in [0.2, 0.25) is 0 Å². The van der Waals surface area contributed by atoms with Crippen LogP contribution in [0, 0.1) is 23.2 Å². The number of hydrogen-bond acceptors (Lipinski definition) is 4. The van der Waals surface area contributed by atoms with Gasteiger partial charge in [0.2, 0.25) is 11.8 Å². The van der Waals surface area contributed by atoms with Crippen molar-refractivity contribution in [3.8, 4) is 6.07 Å². The average Bonchev–Trinajstić information content (AvgIpc) is 2.54. The molecule has 2 aliphatic heterocycles. The molecule has 0 radical (unpaired) electrons. The zero-order valence-electron chi connectivity index (χ0n) is 13.1. The van der Waals surface area contributed by atoms with E-state index in [4.69, 9.17) is 10.00 Å². The van der Waals surface area contributed by atoms with Gasteiger partial charge >= 0.3 is 0 Å². The fraction of sp³-hybridized carbons (Fsp3) is 0.812. The molecule has 0 saturated carbocycles. The first-order valence-corrected chi connectivity index (χ1v) is 8.18. The molecule has 0 aromatic heterocycles. The number of piperidine rings is 1. The number of nitriles is 1. The number of carbonyl (C=O) groups excluding carboxylic acids is 2. The van der Waals surface area contributed by atoms with Crippen molar-refractivity contribution < 1.29 is 14.3 Å². The Kier molecular flexibility index (Phi) is 6.66. The molecule has 2 saturated heterocycles. The Balaban J connectivity index is 1.61. The van der Waals surface area contributed by atoms with E-state index >= 15 is 0 Å². The van der Waals surface area contributed by atoms with Crippen LogP contribution >= 0.6 is 0 Å². The number of nitrogens with one attached hydrogen (secondary N) is 1. The van der Waals surface area contributed by atoms with Crippen molar-refractivity contribution in [1.82, 2.24) is 10.2 Å². The third-order valence-corrected chi connectivity index (χ3v) is 4.60. The molecule has 0 aromatic rings.